The summed E-state index contributed by atoms with van der Waals surface area (Å²) >= 11 is 1.63. The molecule has 0 spiro atoms. The van der Waals surface area contributed by atoms with Crippen LogP contribution in [0.2, 0.25) is 0 Å². The minimum absolute atomic E-state index is 0.0304. The number of alkyl halides is 2. The lowest BCUT2D eigenvalue weighted by Crippen LogP contribution is -2.27. The minimum Gasteiger partial charge on any atom is -0.493 e. The quantitative estimate of drug-likeness (QED) is 0.685. The Morgan fingerprint density at radius 3 is 2.44 bits per heavy atom. The van der Waals surface area contributed by atoms with Gasteiger partial charge in [-0.3, -0.25) is 4.79 Å². The predicted octanol–water partition coefficient (Wildman–Crippen LogP) is 4.29. The van der Waals surface area contributed by atoms with Gasteiger partial charge in [0, 0.05) is 18.5 Å². The van der Waals surface area contributed by atoms with Crippen molar-refractivity contribution >= 4 is 17.7 Å². The molecule has 4 nitrogen and oxygen atoms in total. The average Bonchev–Trinajstić information content (AvgIpc) is 2.61. The van der Waals surface area contributed by atoms with Crippen molar-refractivity contribution in [2.45, 2.75) is 18.1 Å². The van der Waals surface area contributed by atoms with Gasteiger partial charge in [-0.25, -0.2) is 0 Å². The van der Waals surface area contributed by atoms with Crippen molar-refractivity contribution in [3.63, 3.8) is 0 Å². The smallest absolute Gasteiger partial charge is 0.387 e. The van der Waals surface area contributed by atoms with E-state index in [4.69, 9.17) is 4.74 Å². The van der Waals surface area contributed by atoms with E-state index < -0.39 is 12.5 Å². The summed E-state index contributed by atoms with van der Waals surface area (Å²) in [6, 6.07) is 12.3. The molecular weight excluding hydrogens is 348 g/mol. The van der Waals surface area contributed by atoms with Crippen molar-refractivity contribution in [1.29, 1.82) is 0 Å². The van der Waals surface area contributed by atoms with Crippen LogP contribution in [0.3, 0.4) is 0 Å². The van der Waals surface area contributed by atoms with E-state index in [-0.39, 0.29) is 17.1 Å². The average molecular weight is 367 g/mol. The number of hydrogen-bond acceptors (Lipinski definition) is 4. The first kappa shape index (κ1) is 19.1. The third-order valence-electron chi connectivity index (χ3n) is 3.56. The first-order chi connectivity index (χ1) is 12.0. The molecule has 0 aromatic heterocycles. The number of thioether (sulfide) groups is 1. The molecule has 0 aliphatic rings. The fourth-order valence-electron chi connectivity index (χ4n) is 2.34. The number of rotatable bonds is 7. The van der Waals surface area contributed by atoms with Gasteiger partial charge in [-0.15, -0.1) is 11.8 Å². The van der Waals surface area contributed by atoms with E-state index in [1.165, 1.54) is 24.1 Å². The Kier molecular flexibility index (Phi) is 6.64. The van der Waals surface area contributed by atoms with E-state index in [1.54, 1.807) is 24.9 Å². The molecular formula is C18H19F2NO3S. The van der Waals surface area contributed by atoms with Gasteiger partial charge in [-0.05, 0) is 36.1 Å². The molecule has 0 fully saturated rings. The van der Waals surface area contributed by atoms with Crippen LogP contribution in [0.5, 0.6) is 11.5 Å². The minimum atomic E-state index is -3.05. The number of benzene rings is 2. The lowest BCUT2D eigenvalue weighted by atomic mass is 10.1. The molecule has 2 aromatic rings. The monoisotopic (exact) mass is 367 g/mol. The van der Waals surface area contributed by atoms with Gasteiger partial charge in [0.15, 0.2) is 11.5 Å². The standard InChI is InChI=1S/C18H19F2NO3S/c1-21(11-12-7-9-13(25-3)10-8-12)17(22)14-5-4-6-15(23-2)16(14)24-18(19)20/h4-10,18H,11H2,1-3H3. The molecule has 0 heterocycles. The van der Waals surface area contributed by atoms with Crippen LogP contribution in [0.4, 0.5) is 8.78 Å². The van der Waals surface area contributed by atoms with Crippen LogP contribution < -0.4 is 9.47 Å². The normalized spacial score (nSPS) is 10.6. The number of hydrogen-bond donors (Lipinski definition) is 0. The first-order valence-electron chi connectivity index (χ1n) is 7.46. The number of carbonyl (C=O) groups is 1. The molecule has 0 atom stereocenters. The second-order valence-electron chi connectivity index (χ2n) is 5.22. The van der Waals surface area contributed by atoms with Gasteiger partial charge >= 0.3 is 6.61 Å². The number of ether oxygens (including phenoxy) is 2. The molecule has 0 saturated heterocycles. The van der Waals surface area contributed by atoms with Crippen LogP contribution in [0.25, 0.3) is 0 Å². The SMILES string of the molecule is COc1cccc(C(=O)N(C)Cc2ccc(SC)cc2)c1OC(F)F. The summed E-state index contributed by atoms with van der Waals surface area (Å²) in [6.07, 6.45) is 1.98. The Bertz CT molecular complexity index is 723. The Labute approximate surface area is 149 Å². The zero-order valence-electron chi connectivity index (χ0n) is 14.2. The third-order valence-corrected chi connectivity index (χ3v) is 4.31. The highest BCUT2D eigenvalue weighted by Crippen LogP contribution is 2.33. The van der Waals surface area contributed by atoms with Gasteiger partial charge in [0.05, 0.1) is 12.7 Å². The summed E-state index contributed by atoms with van der Waals surface area (Å²) in [5.74, 6) is -0.595. The van der Waals surface area contributed by atoms with Crippen LogP contribution in [0.15, 0.2) is 47.4 Å². The Morgan fingerprint density at radius 1 is 1.20 bits per heavy atom. The van der Waals surface area contributed by atoms with Crippen molar-refractivity contribution < 1.29 is 23.0 Å². The van der Waals surface area contributed by atoms with Gasteiger partial charge < -0.3 is 14.4 Å². The first-order valence-corrected chi connectivity index (χ1v) is 8.69. The molecule has 0 N–H and O–H groups in total. The molecule has 0 bridgehead atoms. The highest BCUT2D eigenvalue weighted by Gasteiger charge is 2.22. The Morgan fingerprint density at radius 2 is 1.88 bits per heavy atom. The maximum absolute atomic E-state index is 12.7. The number of amides is 1. The van der Waals surface area contributed by atoms with E-state index in [1.807, 2.05) is 30.5 Å². The fourth-order valence-corrected chi connectivity index (χ4v) is 2.75. The van der Waals surface area contributed by atoms with E-state index in [0.29, 0.717) is 6.54 Å². The van der Waals surface area contributed by atoms with Crippen molar-refractivity contribution in [1.82, 2.24) is 4.90 Å². The van der Waals surface area contributed by atoms with E-state index in [9.17, 15) is 13.6 Å². The molecule has 0 saturated carbocycles. The number of methoxy groups -OCH3 is 1. The van der Waals surface area contributed by atoms with E-state index >= 15 is 0 Å². The highest BCUT2D eigenvalue weighted by atomic mass is 32.2. The summed E-state index contributed by atoms with van der Waals surface area (Å²) < 4.78 is 34.9. The zero-order valence-corrected chi connectivity index (χ0v) is 15.0. The molecule has 2 aromatic carbocycles. The summed E-state index contributed by atoms with van der Waals surface area (Å²) in [7, 11) is 2.94. The summed E-state index contributed by atoms with van der Waals surface area (Å²) in [5.41, 5.74) is 0.968. The van der Waals surface area contributed by atoms with Crippen LogP contribution in [0, 0.1) is 0 Å². The van der Waals surface area contributed by atoms with Crippen molar-refractivity contribution in [2.75, 3.05) is 20.4 Å². The molecule has 25 heavy (non-hydrogen) atoms. The number of nitrogens with zero attached hydrogens (tertiary/aromatic N) is 1. The van der Waals surface area contributed by atoms with Crippen molar-refractivity contribution in [3.05, 3.63) is 53.6 Å². The predicted molar refractivity (Wildman–Crippen MR) is 93.6 cm³/mol. The van der Waals surface area contributed by atoms with Crippen LogP contribution in [-0.4, -0.2) is 37.8 Å². The summed E-state index contributed by atoms with van der Waals surface area (Å²) in [5, 5.41) is 0. The summed E-state index contributed by atoms with van der Waals surface area (Å²) in [4.78, 5) is 15.3. The molecule has 2 rings (SSSR count). The maximum atomic E-state index is 12.7. The number of halogens is 2. The van der Waals surface area contributed by atoms with Crippen LogP contribution in [-0.2, 0) is 6.54 Å². The number of para-hydroxylation sites is 1. The second kappa shape index (κ2) is 8.71. The Hall–Kier alpha value is -2.28. The zero-order chi connectivity index (χ0) is 18.4. The topological polar surface area (TPSA) is 38.8 Å². The maximum Gasteiger partial charge on any atom is 0.387 e. The molecule has 0 aliphatic carbocycles. The van der Waals surface area contributed by atoms with Crippen LogP contribution in [0.1, 0.15) is 15.9 Å². The molecule has 1 amide bonds. The highest BCUT2D eigenvalue weighted by molar-refractivity contribution is 7.98. The fraction of sp³-hybridized carbons (Fsp3) is 0.278. The number of carbonyl (C=O) groups excluding carboxylic acids is 1. The van der Waals surface area contributed by atoms with Crippen molar-refractivity contribution in [3.8, 4) is 11.5 Å². The second-order valence-corrected chi connectivity index (χ2v) is 6.10. The van der Waals surface area contributed by atoms with Crippen LogP contribution >= 0.6 is 11.8 Å². The van der Waals surface area contributed by atoms with Crippen molar-refractivity contribution in [2.24, 2.45) is 0 Å². The molecule has 0 unspecified atom stereocenters. The molecule has 0 aliphatic heterocycles. The molecule has 0 radical (unpaired) electrons. The van der Waals surface area contributed by atoms with E-state index in [0.717, 1.165) is 10.5 Å². The lowest BCUT2D eigenvalue weighted by Gasteiger charge is -2.20. The van der Waals surface area contributed by atoms with Gasteiger partial charge in [0.25, 0.3) is 5.91 Å². The van der Waals surface area contributed by atoms with Gasteiger partial charge in [-0.1, -0.05) is 18.2 Å². The molecule has 7 heteroatoms. The lowest BCUT2D eigenvalue weighted by molar-refractivity contribution is -0.0516. The summed E-state index contributed by atoms with van der Waals surface area (Å²) in [6.45, 7) is -2.70. The third kappa shape index (κ3) is 4.85. The Balaban J connectivity index is 2.23. The molecule has 134 valence electrons. The van der Waals surface area contributed by atoms with Gasteiger partial charge in [-0.2, -0.15) is 8.78 Å². The van der Waals surface area contributed by atoms with Gasteiger partial charge in [0.2, 0.25) is 0 Å². The largest absolute Gasteiger partial charge is 0.493 e. The van der Waals surface area contributed by atoms with Gasteiger partial charge in [0.1, 0.15) is 0 Å². The van der Waals surface area contributed by atoms with E-state index in [2.05, 4.69) is 4.74 Å².